The van der Waals surface area contributed by atoms with E-state index in [1.165, 1.54) is 6.92 Å². The second-order valence-corrected chi connectivity index (χ2v) is 8.80. The Morgan fingerprint density at radius 3 is 2.21 bits per heavy atom. The number of primary amides is 1. The first-order valence-electron chi connectivity index (χ1n) is 11.2. The summed E-state index contributed by atoms with van der Waals surface area (Å²) in [6.45, 7) is 4.68. The molecule has 5 amide bonds. The molecule has 0 saturated carbocycles. The van der Waals surface area contributed by atoms with Crippen LogP contribution in [0, 0.1) is 5.92 Å². The number of carbonyl (C=O) groups excluding carboxylic acids is 6. The van der Waals surface area contributed by atoms with Crippen LogP contribution >= 0.6 is 0 Å². The Balaban J connectivity index is 2.76. The van der Waals surface area contributed by atoms with E-state index in [0.29, 0.717) is 0 Å². The topological polar surface area (TPSA) is 209 Å². The third-order valence-electron chi connectivity index (χ3n) is 5.03. The highest BCUT2D eigenvalue weighted by atomic mass is 16.3. The average molecular weight is 485 g/mol. The molecule has 0 aliphatic carbocycles. The summed E-state index contributed by atoms with van der Waals surface area (Å²) < 4.78 is 0. The normalized spacial score (nSPS) is 19.1. The van der Waals surface area contributed by atoms with Crippen LogP contribution in [0.25, 0.3) is 0 Å². The third kappa shape index (κ3) is 11.2. The smallest absolute Gasteiger partial charge is 0.243 e. The van der Waals surface area contributed by atoms with Crippen LogP contribution < -0.4 is 32.3 Å². The van der Waals surface area contributed by atoms with Crippen molar-refractivity contribution in [2.45, 2.75) is 70.7 Å². The molecule has 0 spiro atoms. The van der Waals surface area contributed by atoms with Gasteiger partial charge in [-0.15, -0.1) is 0 Å². The van der Waals surface area contributed by atoms with Gasteiger partial charge in [-0.05, 0) is 32.1 Å². The monoisotopic (exact) mass is 484 g/mol. The van der Waals surface area contributed by atoms with Gasteiger partial charge >= 0.3 is 0 Å². The molecule has 0 aromatic heterocycles. The summed E-state index contributed by atoms with van der Waals surface area (Å²) >= 11 is 0. The van der Waals surface area contributed by atoms with Gasteiger partial charge in [-0.25, -0.2) is 0 Å². The molecule has 8 N–H and O–H groups in total. The van der Waals surface area contributed by atoms with E-state index < -0.39 is 60.3 Å². The van der Waals surface area contributed by atoms with Gasteiger partial charge in [0.2, 0.25) is 29.5 Å². The van der Waals surface area contributed by atoms with Crippen molar-refractivity contribution in [3.8, 4) is 0 Å². The number of hydrogen-bond donors (Lipinski definition) is 7. The molecule has 192 valence electrons. The lowest BCUT2D eigenvalue weighted by Gasteiger charge is -2.24. The van der Waals surface area contributed by atoms with Gasteiger partial charge in [0.1, 0.15) is 17.9 Å². The van der Waals surface area contributed by atoms with Crippen molar-refractivity contribution in [1.29, 1.82) is 0 Å². The van der Waals surface area contributed by atoms with Gasteiger partial charge in [-0.2, -0.15) is 0 Å². The fourth-order valence-corrected chi connectivity index (χ4v) is 3.32. The van der Waals surface area contributed by atoms with Gasteiger partial charge in [0.15, 0.2) is 0 Å². The molecule has 0 unspecified atom stereocenters. The van der Waals surface area contributed by atoms with Gasteiger partial charge < -0.3 is 37.4 Å². The maximum absolute atomic E-state index is 12.9. The molecule has 13 nitrogen and oxygen atoms in total. The maximum Gasteiger partial charge on any atom is 0.243 e. The van der Waals surface area contributed by atoms with Crippen molar-refractivity contribution in [3.63, 3.8) is 0 Å². The molecule has 1 aliphatic heterocycles. The van der Waals surface area contributed by atoms with Crippen molar-refractivity contribution in [2.24, 2.45) is 11.7 Å². The number of rotatable bonds is 14. The Bertz CT molecular complexity index is 773. The SMILES string of the molecule is CC(=O)CNC(=O)[C@H](CC(C)C)NC(=O)[C@H](CCC(N)=O)NC(=O)CNC(=O)[C@@H]1C[C@@H](O)CN1. The highest BCUT2D eigenvalue weighted by Crippen LogP contribution is 2.08. The largest absolute Gasteiger partial charge is 0.392 e. The summed E-state index contributed by atoms with van der Waals surface area (Å²) in [6.07, 6.45) is -0.443. The summed E-state index contributed by atoms with van der Waals surface area (Å²) in [5.74, 6) is -3.30. The van der Waals surface area contributed by atoms with Gasteiger partial charge in [0.05, 0.1) is 25.2 Å². The predicted octanol–water partition coefficient (Wildman–Crippen LogP) is -3.19. The van der Waals surface area contributed by atoms with Gasteiger partial charge in [0.25, 0.3) is 0 Å². The number of nitrogens with two attached hydrogens (primary N) is 1. The second-order valence-electron chi connectivity index (χ2n) is 8.80. The van der Waals surface area contributed by atoms with Crippen LogP contribution in [-0.4, -0.2) is 84.3 Å². The van der Waals surface area contributed by atoms with E-state index in [4.69, 9.17) is 5.73 Å². The van der Waals surface area contributed by atoms with Crippen LogP contribution in [0.2, 0.25) is 0 Å². The molecule has 1 aliphatic rings. The Morgan fingerprint density at radius 1 is 1.00 bits per heavy atom. The minimum atomic E-state index is -1.18. The average Bonchev–Trinajstić information content (AvgIpc) is 3.18. The Labute approximate surface area is 198 Å². The summed E-state index contributed by atoms with van der Waals surface area (Å²) in [7, 11) is 0. The molecule has 1 saturated heterocycles. The fourth-order valence-electron chi connectivity index (χ4n) is 3.32. The first-order valence-corrected chi connectivity index (χ1v) is 11.2. The number of amides is 5. The lowest BCUT2D eigenvalue weighted by atomic mass is 10.0. The number of Topliss-reactive ketones (excluding diaryl/α,β-unsaturated/α-hetero) is 1. The van der Waals surface area contributed by atoms with E-state index in [1.807, 2.05) is 13.8 Å². The lowest BCUT2D eigenvalue weighted by molar-refractivity contribution is -0.133. The van der Waals surface area contributed by atoms with Crippen molar-refractivity contribution < 1.29 is 33.9 Å². The lowest BCUT2D eigenvalue weighted by Crippen LogP contribution is -2.55. The Kier molecular flexibility index (Phi) is 12.1. The van der Waals surface area contributed by atoms with E-state index in [-0.39, 0.29) is 50.5 Å². The zero-order valence-corrected chi connectivity index (χ0v) is 19.8. The third-order valence-corrected chi connectivity index (χ3v) is 5.03. The number of aliphatic hydroxyl groups excluding tert-OH is 1. The summed E-state index contributed by atoms with van der Waals surface area (Å²) in [5.41, 5.74) is 5.17. The van der Waals surface area contributed by atoms with Gasteiger partial charge in [0, 0.05) is 13.0 Å². The maximum atomic E-state index is 12.9. The van der Waals surface area contributed by atoms with Crippen LogP contribution in [0.4, 0.5) is 0 Å². The van der Waals surface area contributed by atoms with Crippen LogP contribution in [0.1, 0.15) is 46.5 Å². The molecule has 1 rings (SSSR count). The first kappa shape index (κ1) is 29.0. The minimum absolute atomic E-state index is 0.0324. The number of carbonyl (C=O) groups is 6. The highest BCUT2D eigenvalue weighted by molar-refractivity contribution is 5.94. The quantitative estimate of drug-likeness (QED) is 0.133. The van der Waals surface area contributed by atoms with Crippen molar-refractivity contribution >= 4 is 35.3 Å². The molecule has 34 heavy (non-hydrogen) atoms. The first-order chi connectivity index (χ1) is 15.9. The molecule has 4 atom stereocenters. The number of nitrogens with one attached hydrogen (secondary N) is 5. The molecule has 0 radical (unpaired) electrons. The zero-order valence-electron chi connectivity index (χ0n) is 19.8. The Morgan fingerprint density at radius 2 is 1.68 bits per heavy atom. The predicted molar refractivity (Wildman–Crippen MR) is 121 cm³/mol. The Hall–Kier alpha value is -3.06. The van der Waals surface area contributed by atoms with E-state index in [0.717, 1.165) is 0 Å². The van der Waals surface area contributed by atoms with Gasteiger partial charge in [-0.3, -0.25) is 28.8 Å². The number of ketones is 1. The highest BCUT2D eigenvalue weighted by Gasteiger charge is 2.30. The van der Waals surface area contributed by atoms with Crippen molar-refractivity contribution in [2.75, 3.05) is 19.6 Å². The summed E-state index contributed by atoms with van der Waals surface area (Å²) in [6, 6.07) is -2.76. The van der Waals surface area contributed by atoms with Crippen LogP contribution in [0.15, 0.2) is 0 Å². The van der Waals surface area contributed by atoms with Crippen LogP contribution in [0.5, 0.6) is 0 Å². The van der Waals surface area contributed by atoms with E-state index in [9.17, 15) is 33.9 Å². The van der Waals surface area contributed by atoms with E-state index >= 15 is 0 Å². The number of β-amino-alcohol motifs (C(OH)–C–C–N with tert-alkyl or cyclic N) is 1. The number of aliphatic hydroxyl groups is 1. The van der Waals surface area contributed by atoms with Gasteiger partial charge in [-0.1, -0.05) is 13.8 Å². The molecule has 0 aromatic carbocycles. The fraction of sp³-hybridized carbons (Fsp3) is 0.714. The molecule has 0 bridgehead atoms. The standard InChI is InChI=1S/C21H36N6O7/c1-11(2)6-16(20(33)24-8-12(3)28)27-21(34)14(4-5-17(22)30)26-18(31)10-25-19(32)15-7-13(29)9-23-15/h11,13-16,23,29H,4-10H2,1-3H3,(H2,22,30)(H,24,33)(H,25,32)(H,26,31)(H,27,34)/t13-,14+,15+,16+/m1/s1. The molecule has 0 aromatic rings. The van der Waals surface area contributed by atoms with Crippen molar-refractivity contribution in [3.05, 3.63) is 0 Å². The van der Waals surface area contributed by atoms with E-state index in [2.05, 4.69) is 26.6 Å². The van der Waals surface area contributed by atoms with E-state index in [1.54, 1.807) is 0 Å². The summed E-state index contributed by atoms with van der Waals surface area (Å²) in [4.78, 5) is 72.1. The molecule has 1 heterocycles. The summed E-state index contributed by atoms with van der Waals surface area (Å²) in [5, 5.41) is 22.2. The van der Waals surface area contributed by atoms with Crippen LogP contribution in [0.3, 0.4) is 0 Å². The molecular formula is C21H36N6O7. The van der Waals surface area contributed by atoms with Crippen LogP contribution in [-0.2, 0) is 28.8 Å². The second kappa shape index (κ2) is 14.3. The molecule has 13 heteroatoms. The zero-order chi connectivity index (χ0) is 25.8. The number of hydrogen-bond acceptors (Lipinski definition) is 8. The molecule has 1 fully saturated rings. The van der Waals surface area contributed by atoms with Crippen molar-refractivity contribution in [1.82, 2.24) is 26.6 Å². The molecular weight excluding hydrogens is 448 g/mol. The minimum Gasteiger partial charge on any atom is -0.392 e.